The lowest BCUT2D eigenvalue weighted by Gasteiger charge is -2.32. The molecule has 2 aromatic rings. The molecule has 0 unspecified atom stereocenters. The molecule has 29 heavy (non-hydrogen) atoms. The molecule has 4 nitrogen and oxygen atoms in total. The quantitative estimate of drug-likeness (QED) is 0.735. The van der Waals surface area contributed by atoms with Crippen LogP contribution in [0.15, 0.2) is 30.3 Å². The van der Waals surface area contributed by atoms with Crippen molar-refractivity contribution >= 4 is 0 Å². The van der Waals surface area contributed by atoms with Gasteiger partial charge in [-0.15, -0.1) is 0 Å². The maximum atomic E-state index is 6.44. The van der Waals surface area contributed by atoms with Crippen LogP contribution in [0.3, 0.4) is 0 Å². The van der Waals surface area contributed by atoms with Gasteiger partial charge < -0.3 is 19.3 Å². The average Bonchev–Trinajstić information content (AvgIpc) is 3.17. The summed E-state index contributed by atoms with van der Waals surface area (Å²) in [5, 5.41) is 0. The van der Waals surface area contributed by atoms with Gasteiger partial charge in [0.25, 0.3) is 0 Å². The normalized spacial score (nSPS) is 19.8. The van der Waals surface area contributed by atoms with E-state index >= 15 is 0 Å². The van der Waals surface area contributed by atoms with Crippen LogP contribution in [0.5, 0.6) is 11.5 Å². The number of ether oxygens (including phenoxy) is 2. The third kappa shape index (κ3) is 4.44. The standard InChI is InChI=1S/C25H34N2O2/c1-18-19(2)25-23(20(3)24(18)28-17-21-8-6-5-7-9-21)16-22(29-25)10-11-27-14-12-26(4)13-15-27/h5-9,22H,10-17H2,1-4H3/t22-/m1/s1. The van der Waals surface area contributed by atoms with E-state index in [1.807, 2.05) is 6.07 Å². The fraction of sp³-hybridized carbons (Fsp3) is 0.520. The Morgan fingerprint density at radius 1 is 0.966 bits per heavy atom. The molecule has 0 amide bonds. The third-order valence-corrected chi connectivity index (χ3v) is 6.62. The third-order valence-electron chi connectivity index (χ3n) is 6.62. The summed E-state index contributed by atoms with van der Waals surface area (Å²) in [4.78, 5) is 4.98. The topological polar surface area (TPSA) is 24.9 Å². The molecular formula is C25H34N2O2. The molecule has 0 N–H and O–H groups in total. The number of fused-ring (bicyclic) bond motifs is 1. The second-order valence-corrected chi connectivity index (χ2v) is 8.66. The van der Waals surface area contributed by atoms with Crippen LogP contribution in [0.4, 0.5) is 0 Å². The van der Waals surface area contributed by atoms with Crippen molar-refractivity contribution in [2.75, 3.05) is 39.8 Å². The number of piperazine rings is 1. The van der Waals surface area contributed by atoms with Crippen LogP contribution < -0.4 is 9.47 Å². The molecule has 0 spiro atoms. The monoisotopic (exact) mass is 394 g/mol. The molecule has 1 fully saturated rings. The number of hydrogen-bond acceptors (Lipinski definition) is 4. The predicted molar refractivity (Wildman–Crippen MR) is 118 cm³/mol. The lowest BCUT2D eigenvalue weighted by atomic mass is 9.95. The van der Waals surface area contributed by atoms with E-state index in [1.54, 1.807) is 0 Å². The highest BCUT2D eigenvalue weighted by atomic mass is 16.5. The van der Waals surface area contributed by atoms with Crippen LogP contribution >= 0.6 is 0 Å². The number of rotatable bonds is 6. The van der Waals surface area contributed by atoms with Crippen LogP contribution in [-0.2, 0) is 13.0 Å². The van der Waals surface area contributed by atoms with Crippen molar-refractivity contribution in [2.24, 2.45) is 0 Å². The van der Waals surface area contributed by atoms with E-state index in [-0.39, 0.29) is 6.10 Å². The molecule has 4 heteroatoms. The van der Waals surface area contributed by atoms with E-state index in [2.05, 4.69) is 61.9 Å². The number of benzene rings is 2. The van der Waals surface area contributed by atoms with Gasteiger partial charge in [0.05, 0.1) is 0 Å². The first kappa shape index (κ1) is 20.2. The van der Waals surface area contributed by atoms with Crippen molar-refractivity contribution in [3.8, 4) is 11.5 Å². The van der Waals surface area contributed by atoms with Crippen molar-refractivity contribution in [3.05, 3.63) is 58.1 Å². The highest BCUT2D eigenvalue weighted by Gasteiger charge is 2.30. The maximum Gasteiger partial charge on any atom is 0.126 e. The van der Waals surface area contributed by atoms with E-state index in [4.69, 9.17) is 9.47 Å². The fourth-order valence-corrected chi connectivity index (χ4v) is 4.50. The van der Waals surface area contributed by atoms with Crippen LogP contribution in [0, 0.1) is 20.8 Å². The summed E-state index contributed by atoms with van der Waals surface area (Å²) in [6.45, 7) is 12.9. The fourth-order valence-electron chi connectivity index (χ4n) is 4.50. The van der Waals surface area contributed by atoms with Crippen LogP contribution in [0.2, 0.25) is 0 Å². The second-order valence-electron chi connectivity index (χ2n) is 8.66. The van der Waals surface area contributed by atoms with Crippen molar-refractivity contribution in [2.45, 2.75) is 46.3 Å². The first-order chi connectivity index (χ1) is 14.0. The molecule has 0 aromatic heterocycles. The summed E-state index contributed by atoms with van der Waals surface area (Å²) >= 11 is 0. The van der Waals surface area contributed by atoms with Gasteiger partial charge in [0.15, 0.2) is 0 Å². The first-order valence-corrected chi connectivity index (χ1v) is 10.9. The van der Waals surface area contributed by atoms with Crippen LogP contribution in [0.1, 0.15) is 34.2 Å². The minimum absolute atomic E-state index is 0.283. The minimum atomic E-state index is 0.283. The number of hydrogen-bond donors (Lipinski definition) is 0. The van der Waals surface area contributed by atoms with Crippen molar-refractivity contribution in [1.29, 1.82) is 0 Å². The van der Waals surface area contributed by atoms with Gasteiger partial charge >= 0.3 is 0 Å². The smallest absolute Gasteiger partial charge is 0.126 e. The Bertz CT molecular complexity index is 842. The molecule has 0 saturated carbocycles. The molecule has 2 heterocycles. The van der Waals surface area contributed by atoms with Crippen molar-refractivity contribution in [3.63, 3.8) is 0 Å². The van der Waals surface area contributed by atoms with Gasteiger partial charge in [-0.05, 0) is 56.5 Å². The lowest BCUT2D eigenvalue weighted by Crippen LogP contribution is -2.45. The van der Waals surface area contributed by atoms with E-state index in [0.717, 1.165) is 30.9 Å². The van der Waals surface area contributed by atoms with E-state index < -0.39 is 0 Å². The Labute approximate surface area is 175 Å². The molecule has 156 valence electrons. The zero-order valence-corrected chi connectivity index (χ0v) is 18.3. The van der Waals surface area contributed by atoms with Crippen LogP contribution in [-0.4, -0.2) is 55.7 Å². The Balaban J connectivity index is 1.43. The van der Waals surface area contributed by atoms with Crippen molar-refractivity contribution < 1.29 is 9.47 Å². The van der Waals surface area contributed by atoms with Gasteiger partial charge in [0, 0.05) is 44.7 Å². The number of likely N-dealkylation sites (N-methyl/N-ethyl adjacent to an activating group) is 1. The summed E-state index contributed by atoms with van der Waals surface area (Å²) in [6, 6.07) is 10.4. The predicted octanol–water partition coefficient (Wildman–Crippen LogP) is 4.13. The number of nitrogens with zero attached hydrogens (tertiary/aromatic N) is 2. The SMILES string of the molecule is Cc1c(C)c2c(c(C)c1OCc1ccccc1)C[C@@H](CCN1CCN(C)CC1)O2. The minimum Gasteiger partial charge on any atom is -0.489 e. The van der Waals surface area contributed by atoms with Crippen molar-refractivity contribution in [1.82, 2.24) is 9.80 Å². The van der Waals surface area contributed by atoms with Gasteiger partial charge in [-0.3, -0.25) is 0 Å². The lowest BCUT2D eigenvalue weighted by molar-refractivity contribution is 0.130. The molecule has 2 aromatic carbocycles. The first-order valence-electron chi connectivity index (χ1n) is 10.9. The summed E-state index contributed by atoms with van der Waals surface area (Å²) in [5.74, 6) is 2.14. The highest BCUT2D eigenvalue weighted by Crippen LogP contribution is 2.43. The molecule has 2 aliphatic rings. The van der Waals surface area contributed by atoms with Gasteiger partial charge in [-0.25, -0.2) is 0 Å². The second kappa shape index (κ2) is 8.76. The summed E-state index contributed by atoms with van der Waals surface area (Å²) in [6.07, 6.45) is 2.37. The largest absolute Gasteiger partial charge is 0.489 e. The van der Waals surface area contributed by atoms with Crippen LogP contribution in [0.25, 0.3) is 0 Å². The molecular weight excluding hydrogens is 360 g/mol. The Kier molecular flexibility index (Phi) is 6.12. The van der Waals surface area contributed by atoms with Gasteiger partial charge in [-0.1, -0.05) is 30.3 Å². The zero-order valence-electron chi connectivity index (χ0n) is 18.3. The molecule has 0 aliphatic carbocycles. The Hall–Kier alpha value is -2.04. The molecule has 0 bridgehead atoms. The molecule has 2 aliphatic heterocycles. The summed E-state index contributed by atoms with van der Waals surface area (Å²) < 4.78 is 12.7. The summed E-state index contributed by atoms with van der Waals surface area (Å²) in [5.41, 5.74) is 6.24. The van der Waals surface area contributed by atoms with Gasteiger partial charge in [0.1, 0.15) is 24.2 Å². The van der Waals surface area contributed by atoms with E-state index in [9.17, 15) is 0 Å². The molecule has 1 atom stereocenters. The average molecular weight is 395 g/mol. The molecule has 4 rings (SSSR count). The van der Waals surface area contributed by atoms with Gasteiger partial charge in [-0.2, -0.15) is 0 Å². The molecule has 1 saturated heterocycles. The van der Waals surface area contributed by atoms with E-state index in [0.29, 0.717) is 6.61 Å². The Morgan fingerprint density at radius 2 is 1.69 bits per heavy atom. The maximum absolute atomic E-state index is 6.44. The zero-order chi connectivity index (χ0) is 20.4. The molecule has 0 radical (unpaired) electrons. The Morgan fingerprint density at radius 3 is 2.41 bits per heavy atom. The van der Waals surface area contributed by atoms with Gasteiger partial charge in [0.2, 0.25) is 0 Å². The van der Waals surface area contributed by atoms with E-state index in [1.165, 1.54) is 54.0 Å². The summed E-state index contributed by atoms with van der Waals surface area (Å²) in [7, 11) is 2.21. The highest BCUT2D eigenvalue weighted by molar-refractivity contribution is 5.59.